The lowest BCUT2D eigenvalue weighted by molar-refractivity contribution is 0.0764. The smallest absolute Gasteiger partial charge is 0.253 e. The number of sulfonamides is 1. The van der Waals surface area contributed by atoms with Crippen molar-refractivity contribution in [1.82, 2.24) is 14.1 Å². The van der Waals surface area contributed by atoms with E-state index in [1.165, 1.54) is 19.0 Å². The SMILES string of the molecule is CN(C)Cc1cccc(C(=O)N2C[C@@H](CS(=O)(=O)N(C)C)[C@H](O)C2)c1. The minimum absolute atomic E-state index is 0.157. The fraction of sp³-hybridized carbons (Fsp3) is 0.588. The molecule has 1 aliphatic heterocycles. The number of aliphatic hydroxyl groups is 1. The molecule has 1 heterocycles. The van der Waals surface area contributed by atoms with Crippen LogP contribution in [0.25, 0.3) is 0 Å². The summed E-state index contributed by atoms with van der Waals surface area (Å²) in [6.45, 7) is 1.13. The first-order chi connectivity index (χ1) is 11.6. The standard InChI is InChI=1S/C17H27N3O4S/c1-18(2)9-13-6-5-7-14(8-13)17(22)20-10-15(16(21)11-20)12-25(23,24)19(3)4/h5-8,15-16,21H,9-12H2,1-4H3/t15-,16+/m0/s1. The van der Waals surface area contributed by atoms with Gasteiger partial charge in [0.05, 0.1) is 11.9 Å². The normalized spacial score (nSPS) is 21.3. The zero-order valence-corrected chi connectivity index (χ0v) is 16.0. The zero-order valence-electron chi connectivity index (χ0n) is 15.2. The topological polar surface area (TPSA) is 81.2 Å². The van der Waals surface area contributed by atoms with Gasteiger partial charge in [-0.2, -0.15) is 0 Å². The Morgan fingerprint density at radius 1 is 1.24 bits per heavy atom. The van der Waals surface area contributed by atoms with Crippen molar-refractivity contribution in [2.75, 3.05) is 47.0 Å². The van der Waals surface area contributed by atoms with Gasteiger partial charge in [-0.25, -0.2) is 12.7 Å². The number of benzene rings is 1. The molecule has 1 aliphatic rings. The summed E-state index contributed by atoms with van der Waals surface area (Å²) in [6.07, 6.45) is -0.830. The maximum atomic E-state index is 12.7. The van der Waals surface area contributed by atoms with Crippen molar-refractivity contribution in [2.24, 2.45) is 5.92 Å². The molecule has 1 N–H and O–H groups in total. The molecule has 0 spiro atoms. The molecule has 140 valence electrons. The van der Waals surface area contributed by atoms with Crippen LogP contribution < -0.4 is 0 Å². The van der Waals surface area contributed by atoms with Crippen molar-refractivity contribution >= 4 is 15.9 Å². The number of amides is 1. The van der Waals surface area contributed by atoms with Gasteiger partial charge in [0.15, 0.2) is 0 Å². The molecule has 2 atom stereocenters. The van der Waals surface area contributed by atoms with Crippen LogP contribution in [-0.2, 0) is 16.6 Å². The third-order valence-corrected chi connectivity index (χ3v) is 6.31. The summed E-state index contributed by atoms with van der Waals surface area (Å²) in [5.41, 5.74) is 1.59. The Kier molecular flexibility index (Phi) is 6.21. The molecule has 0 bridgehead atoms. The molecule has 7 nitrogen and oxygen atoms in total. The van der Waals surface area contributed by atoms with Crippen LogP contribution in [0.3, 0.4) is 0 Å². The van der Waals surface area contributed by atoms with E-state index in [0.717, 1.165) is 16.4 Å². The largest absolute Gasteiger partial charge is 0.391 e. The first kappa shape index (κ1) is 19.8. The van der Waals surface area contributed by atoms with Crippen molar-refractivity contribution in [3.05, 3.63) is 35.4 Å². The van der Waals surface area contributed by atoms with Gasteiger partial charge in [-0.15, -0.1) is 0 Å². The molecule has 1 aromatic rings. The van der Waals surface area contributed by atoms with E-state index in [1.807, 2.05) is 37.2 Å². The molecule has 1 aromatic carbocycles. The van der Waals surface area contributed by atoms with Crippen molar-refractivity contribution < 1.29 is 18.3 Å². The van der Waals surface area contributed by atoms with E-state index in [9.17, 15) is 18.3 Å². The highest BCUT2D eigenvalue weighted by atomic mass is 32.2. The van der Waals surface area contributed by atoms with Gasteiger partial charge in [0.1, 0.15) is 0 Å². The Hall–Kier alpha value is -1.48. The van der Waals surface area contributed by atoms with E-state index < -0.39 is 22.0 Å². The Morgan fingerprint density at radius 2 is 1.92 bits per heavy atom. The second-order valence-electron chi connectivity index (χ2n) is 7.04. The van der Waals surface area contributed by atoms with Gasteiger partial charge in [0.25, 0.3) is 5.91 Å². The van der Waals surface area contributed by atoms with Crippen molar-refractivity contribution in [3.8, 4) is 0 Å². The number of likely N-dealkylation sites (tertiary alicyclic amines) is 1. The van der Waals surface area contributed by atoms with Crippen LogP contribution in [0, 0.1) is 5.92 Å². The molecule has 1 saturated heterocycles. The lowest BCUT2D eigenvalue weighted by Gasteiger charge is -2.18. The van der Waals surface area contributed by atoms with Crippen molar-refractivity contribution in [3.63, 3.8) is 0 Å². The van der Waals surface area contributed by atoms with Gasteiger partial charge in [-0.1, -0.05) is 12.1 Å². The first-order valence-electron chi connectivity index (χ1n) is 8.21. The number of β-amino-alcohol motifs (C(OH)–C–C–N with tert-alkyl or cyclic N) is 1. The van der Waals surface area contributed by atoms with Crippen molar-refractivity contribution in [2.45, 2.75) is 12.6 Å². The van der Waals surface area contributed by atoms with Crippen LogP contribution in [0.1, 0.15) is 15.9 Å². The quantitative estimate of drug-likeness (QED) is 0.768. The van der Waals surface area contributed by atoms with Crippen LogP contribution >= 0.6 is 0 Å². The summed E-state index contributed by atoms with van der Waals surface area (Å²) in [5, 5.41) is 10.2. The van der Waals surface area contributed by atoms with E-state index in [1.54, 1.807) is 6.07 Å². The second kappa shape index (κ2) is 7.82. The number of hydrogen-bond acceptors (Lipinski definition) is 5. The minimum Gasteiger partial charge on any atom is -0.391 e. The summed E-state index contributed by atoms with van der Waals surface area (Å²) in [5.74, 6) is -0.809. The van der Waals surface area contributed by atoms with Gasteiger partial charge in [-0.3, -0.25) is 4.79 Å². The summed E-state index contributed by atoms with van der Waals surface area (Å²) < 4.78 is 25.2. The number of hydrogen-bond donors (Lipinski definition) is 1. The Morgan fingerprint density at radius 3 is 2.52 bits per heavy atom. The molecule has 0 aromatic heterocycles. The van der Waals surface area contributed by atoms with Crippen molar-refractivity contribution in [1.29, 1.82) is 0 Å². The maximum Gasteiger partial charge on any atom is 0.253 e. The molecule has 0 aliphatic carbocycles. The third kappa shape index (κ3) is 5.01. The summed E-state index contributed by atoms with van der Waals surface area (Å²) in [6, 6.07) is 7.39. The molecule has 8 heteroatoms. The number of carbonyl (C=O) groups excluding carboxylic acids is 1. The van der Waals surface area contributed by atoms with E-state index in [2.05, 4.69) is 0 Å². The minimum atomic E-state index is -3.42. The molecular weight excluding hydrogens is 342 g/mol. The van der Waals surface area contributed by atoms with Gasteiger partial charge >= 0.3 is 0 Å². The zero-order chi connectivity index (χ0) is 18.8. The monoisotopic (exact) mass is 369 g/mol. The highest BCUT2D eigenvalue weighted by Crippen LogP contribution is 2.22. The fourth-order valence-electron chi connectivity index (χ4n) is 2.95. The van der Waals surface area contributed by atoms with Gasteiger partial charge in [-0.05, 0) is 31.8 Å². The first-order valence-corrected chi connectivity index (χ1v) is 9.82. The summed E-state index contributed by atoms with van der Waals surface area (Å²) in [7, 11) is 3.44. The molecule has 0 saturated carbocycles. The van der Waals surface area contributed by atoms with Gasteiger partial charge in [0.2, 0.25) is 10.0 Å². The Balaban J connectivity index is 2.09. The molecule has 0 radical (unpaired) electrons. The maximum absolute atomic E-state index is 12.7. The molecular formula is C17H27N3O4S. The van der Waals surface area contributed by atoms with Gasteiger partial charge in [0, 0.05) is 45.2 Å². The number of carbonyl (C=O) groups is 1. The molecule has 1 amide bonds. The second-order valence-corrected chi connectivity index (χ2v) is 9.26. The predicted molar refractivity (Wildman–Crippen MR) is 96.7 cm³/mol. The van der Waals surface area contributed by atoms with Crippen LogP contribution in [-0.4, -0.2) is 86.7 Å². The van der Waals surface area contributed by atoms with E-state index in [4.69, 9.17) is 0 Å². The van der Waals surface area contributed by atoms with Crippen LogP contribution in [0.4, 0.5) is 0 Å². The molecule has 25 heavy (non-hydrogen) atoms. The number of rotatable bonds is 6. The molecule has 1 fully saturated rings. The average molecular weight is 369 g/mol. The van der Waals surface area contributed by atoms with E-state index in [0.29, 0.717) is 5.56 Å². The molecule has 2 rings (SSSR count). The Labute approximate surface area is 149 Å². The number of nitrogens with zero attached hydrogens (tertiary/aromatic N) is 3. The van der Waals surface area contributed by atoms with Crippen LogP contribution in [0.5, 0.6) is 0 Å². The summed E-state index contributed by atoms with van der Waals surface area (Å²) >= 11 is 0. The third-order valence-electron chi connectivity index (χ3n) is 4.35. The highest BCUT2D eigenvalue weighted by molar-refractivity contribution is 7.89. The fourth-order valence-corrected chi connectivity index (χ4v) is 4.12. The lowest BCUT2D eigenvalue weighted by atomic mass is 10.1. The van der Waals surface area contributed by atoms with E-state index in [-0.39, 0.29) is 24.7 Å². The Bertz CT molecular complexity index is 718. The lowest BCUT2D eigenvalue weighted by Crippen LogP contribution is -2.33. The predicted octanol–water partition coefficient (Wildman–Crippen LogP) is 0.0725. The van der Waals surface area contributed by atoms with Gasteiger partial charge < -0.3 is 14.9 Å². The highest BCUT2D eigenvalue weighted by Gasteiger charge is 2.37. The number of aliphatic hydroxyl groups excluding tert-OH is 1. The van der Waals surface area contributed by atoms with E-state index >= 15 is 0 Å². The summed E-state index contributed by atoms with van der Waals surface area (Å²) in [4.78, 5) is 16.3. The van der Waals surface area contributed by atoms with Crippen LogP contribution in [0.15, 0.2) is 24.3 Å². The van der Waals surface area contributed by atoms with Crippen LogP contribution in [0.2, 0.25) is 0 Å². The average Bonchev–Trinajstić information content (AvgIpc) is 2.86. The molecule has 0 unspecified atom stereocenters.